The molecular formula is C10H14BrN3. The molecule has 1 rings (SSSR count). The molecule has 3 nitrogen and oxygen atoms in total. The number of nitrogens with one attached hydrogen (secondary N) is 2. The van der Waals surface area contributed by atoms with Crippen LogP contribution in [-0.4, -0.2) is 20.1 Å². The van der Waals surface area contributed by atoms with E-state index in [1.165, 1.54) is 5.56 Å². The number of hydrogen-bond donors (Lipinski definition) is 2. The minimum Gasteiger partial charge on any atom is -0.359 e. The lowest BCUT2D eigenvalue weighted by molar-refractivity contribution is 0.866. The van der Waals surface area contributed by atoms with E-state index in [0.717, 1.165) is 17.0 Å². The zero-order chi connectivity index (χ0) is 10.4. The highest BCUT2D eigenvalue weighted by Gasteiger charge is 1.94. The number of benzene rings is 1. The molecule has 0 aromatic heterocycles. The molecule has 0 fully saturated rings. The van der Waals surface area contributed by atoms with Crippen LogP contribution in [0.3, 0.4) is 0 Å². The molecule has 1 aromatic carbocycles. The third-order valence-corrected chi connectivity index (χ3v) is 2.36. The molecule has 0 saturated carbocycles. The Balaban J connectivity index is 2.49. The molecule has 76 valence electrons. The van der Waals surface area contributed by atoms with Crippen LogP contribution in [0.1, 0.15) is 5.56 Å². The molecule has 0 spiro atoms. The maximum absolute atomic E-state index is 4.02. The van der Waals surface area contributed by atoms with E-state index in [9.17, 15) is 0 Å². The van der Waals surface area contributed by atoms with Gasteiger partial charge < -0.3 is 10.6 Å². The Labute approximate surface area is 92.8 Å². The van der Waals surface area contributed by atoms with E-state index in [1.54, 1.807) is 7.05 Å². The summed E-state index contributed by atoms with van der Waals surface area (Å²) in [5.74, 6) is 0.799. The maximum atomic E-state index is 4.02. The van der Waals surface area contributed by atoms with Gasteiger partial charge in [-0.3, -0.25) is 4.99 Å². The van der Waals surface area contributed by atoms with Crippen molar-refractivity contribution in [1.29, 1.82) is 0 Å². The molecule has 0 bridgehead atoms. The first-order valence-electron chi connectivity index (χ1n) is 4.39. The summed E-state index contributed by atoms with van der Waals surface area (Å²) in [4.78, 5) is 4.02. The molecule has 1 aromatic rings. The highest BCUT2D eigenvalue weighted by molar-refractivity contribution is 9.10. The van der Waals surface area contributed by atoms with Gasteiger partial charge in [-0.1, -0.05) is 28.1 Å². The summed E-state index contributed by atoms with van der Waals surface area (Å²) in [6.45, 7) is 0.779. The molecular weight excluding hydrogens is 242 g/mol. The second-order valence-corrected chi connectivity index (χ2v) is 3.72. The highest BCUT2D eigenvalue weighted by atomic mass is 79.9. The first-order valence-corrected chi connectivity index (χ1v) is 5.18. The first-order chi connectivity index (χ1) is 6.76. The van der Waals surface area contributed by atoms with Crippen molar-refractivity contribution in [2.24, 2.45) is 4.99 Å². The predicted octanol–water partition coefficient (Wildman–Crippen LogP) is 1.74. The number of aliphatic imine (C=N–C) groups is 1. The molecule has 0 aliphatic rings. The third-order valence-electron chi connectivity index (χ3n) is 1.83. The normalized spacial score (nSPS) is 11.2. The highest BCUT2D eigenvalue weighted by Crippen LogP contribution is 2.09. The van der Waals surface area contributed by atoms with E-state index in [4.69, 9.17) is 0 Å². The van der Waals surface area contributed by atoms with Gasteiger partial charge in [-0.25, -0.2) is 0 Å². The van der Waals surface area contributed by atoms with Crippen LogP contribution in [0, 0.1) is 0 Å². The molecule has 4 heteroatoms. The number of guanidine groups is 1. The maximum Gasteiger partial charge on any atom is 0.190 e. The van der Waals surface area contributed by atoms with Gasteiger partial charge in [0.15, 0.2) is 5.96 Å². The van der Waals surface area contributed by atoms with Crippen molar-refractivity contribution < 1.29 is 0 Å². The van der Waals surface area contributed by atoms with Crippen LogP contribution in [0.5, 0.6) is 0 Å². The smallest absolute Gasteiger partial charge is 0.190 e. The van der Waals surface area contributed by atoms with Gasteiger partial charge in [0.05, 0.1) is 0 Å². The monoisotopic (exact) mass is 255 g/mol. The lowest BCUT2D eigenvalue weighted by Gasteiger charge is -2.08. The summed E-state index contributed by atoms with van der Waals surface area (Å²) in [6, 6.07) is 8.19. The summed E-state index contributed by atoms with van der Waals surface area (Å²) in [7, 11) is 3.59. The molecule has 2 N–H and O–H groups in total. The third kappa shape index (κ3) is 3.38. The zero-order valence-corrected chi connectivity index (χ0v) is 9.93. The van der Waals surface area contributed by atoms with Crippen LogP contribution < -0.4 is 10.6 Å². The summed E-state index contributed by atoms with van der Waals surface area (Å²) in [6.07, 6.45) is 0. The van der Waals surface area contributed by atoms with Gasteiger partial charge in [-0.05, 0) is 17.7 Å². The number of hydrogen-bond acceptors (Lipinski definition) is 1. The lowest BCUT2D eigenvalue weighted by Crippen LogP contribution is -2.33. The lowest BCUT2D eigenvalue weighted by atomic mass is 10.2. The van der Waals surface area contributed by atoms with Gasteiger partial charge in [-0.2, -0.15) is 0 Å². The minimum atomic E-state index is 0.779. The molecule has 0 aliphatic carbocycles. The van der Waals surface area contributed by atoms with Crippen LogP contribution in [-0.2, 0) is 6.54 Å². The van der Waals surface area contributed by atoms with Crippen LogP contribution in [0.25, 0.3) is 0 Å². The van der Waals surface area contributed by atoms with E-state index < -0.39 is 0 Å². The second kappa shape index (κ2) is 5.65. The predicted molar refractivity (Wildman–Crippen MR) is 63.4 cm³/mol. The Morgan fingerprint density at radius 2 is 2.00 bits per heavy atom. The molecule has 0 atom stereocenters. The zero-order valence-electron chi connectivity index (χ0n) is 8.34. The summed E-state index contributed by atoms with van der Waals surface area (Å²) < 4.78 is 1.10. The van der Waals surface area contributed by atoms with Crippen molar-refractivity contribution in [1.82, 2.24) is 10.6 Å². The van der Waals surface area contributed by atoms with E-state index in [1.807, 2.05) is 19.2 Å². The number of halogens is 1. The fraction of sp³-hybridized carbons (Fsp3) is 0.300. The van der Waals surface area contributed by atoms with Crippen molar-refractivity contribution in [3.8, 4) is 0 Å². The molecule has 0 heterocycles. The SMILES string of the molecule is CN=C(NC)NCc1ccc(Br)cc1. The molecule has 0 radical (unpaired) electrons. The van der Waals surface area contributed by atoms with Crippen LogP contribution in [0.15, 0.2) is 33.7 Å². The fourth-order valence-electron chi connectivity index (χ4n) is 1.07. The average Bonchev–Trinajstić information content (AvgIpc) is 2.22. The van der Waals surface area contributed by atoms with Crippen molar-refractivity contribution in [3.63, 3.8) is 0 Å². The Morgan fingerprint density at radius 1 is 1.36 bits per heavy atom. The second-order valence-electron chi connectivity index (χ2n) is 2.80. The van der Waals surface area contributed by atoms with Crippen LogP contribution >= 0.6 is 15.9 Å². The van der Waals surface area contributed by atoms with Gasteiger partial charge in [0.1, 0.15) is 0 Å². The van der Waals surface area contributed by atoms with Crippen molar-refractivity contribution in [3.05, 3.63) is 34.3 Å². The van der Waals surface area contributed by atoms with Gasteiger partial charge >= 0.3 is 0 Å². The first kappa shape index (κ1) is 11.0. The molecule has 0 saturated heterocycles. The van der Waals surface area contributed by atoms with Crippen molar-refractivity contribution in [2.75, 3.05) is 14.1 Å². The molecule has 0 amide bonds. The van der Waals surface area contributed by atoms with Gasteiger partial charge in [0.25, 0.3) is 0 Å². The van der Waals surface area contributed by atoms with Crippen molar-refractivity contribution in [2.45, 2.75) is 6.54 Å². The van der Waals surface area contributed by atoms with Gasteiger partial charge in [-0.15, -0.1) is 0 Å². The van der Waals surface area contributed by atoms with E-state index in [2.05, 4.69) is 43.7 Å². The Hall–Kier alpha value is -1.03. The van der Waals surface area contributed by atoms with E-state index in [-0.39, 0.29) is 0 Å². The Kier molecular flexibility index (Phi) is 4.46. The fourth-order valence-corrected chi connectivity index (χ4v) is 1.33. The standard InChI is InChI=1S/C10H14BrN3/c1-12-10(13-2)14-7-8-3-5-9(11)6-4-8/h3-6H,7H2,1-2H3,(H2,12,13,14). The van der Waals surface area contributed by atoms with Gasteiger partial charge in [0, 0.05) is 25.1 Å². The molecule has 14 heavy (non-hydrogen) atoms. The summed E-state index contributed by atoms with van der Waals surface area (Å²) in [5.41, 5.74) is 1.23. The Bertz CT molecular complexity index is 306. The van der Waals surface area contributed by atoms with Crippen LogP contribution in [0.4, 0.5) is 0 Å². The average molecular weight is 256 g/mol. The Morgan fingerprint density at radius 3 is 2.50 bits per heavy atom. The largest absolute Gasteiger partial charge is 0.359 e. The molecule has 0 aliphatic heterocycles. The topological polar surface area (TPSA) is 36.4 Å². The quantitative estimate of drug-likeness (QED) is 0.624. The van der Waals surface area contributed by atoms with Crippen molar-refractivity contribution >= 4 is 21.9 Å². The van der Waals surface area contributed by atoms with E-state index >= 15 is 0 Å². The van der Waals surface area contributed by atoms with E-state index in [0.29, 0.717) is 0 Å². The summed E-state index contributed by atoms with van der Waals surface area (Å²) >= 11 is 3.40. The summed E-state index contributed by atoms with van der Waals surface area (Å²) in [5, 5.41) is 6.14. The molecule has 0 unspecified atom stereocenters. The minimum absolute atomic E-state index is 0.779. The number of nitrogens with zero attached hydrogens (tertiary/aromatic N) is 1. The van der Waals surface area contributed by atoms with Crippen LogP contribution in [0.2, 0.25) is 0 Å². The number of rotatable bonds is 2. The van der Waals surface area contributed by atoms with Gasteiger partial charge in [0.2, 0.25) is 0 Å².